The Hall–Kier alpha value is -3.31. The lowest BCUT2D eigenvalue weighted by Gasteiger charge is -2.38. The molecule has 0 radical (unpaired) electrons. The number of nitrogens with two attached hydrogens (primary N) is 1. The zero-order valence-electron chi connectivity index (χ0n) is 18.3. The van der Waals surface area contributed by atoms with Crippen molar-refractivity contribution in [3.63, 3.8) is 0 Å². The molecular formula is C25H23BrFN3O3. The Kier molecular flexibility index (Phi) is 6.43. The van der Waals surface area contributed by atoms with Crippen LogP contribution in [0.15, 0.2) is 63.5 Å². The molecule has 0 spiro atoms. The number of hydrogen-bond acceptors (Lipinski definition) is 6. The molecule has 6 nitrogen and oxygen atoms in total. The molecule has 0 saturated heterocycles. The molecule has 1 aliphatic carbocycles. The Bertz CT molecular complexity index is 1210. The van der Waals surface area contributed by atoms with Crippen LogP contribution in [0.2, 0.25) is 0 Å². The van der Waals surface area contributed by atoms with E-state index in [1.54, 1.807) is 36.2 Å². The number of ether oxygens (including phenoxy) is 2. The highest BCUT2D eigenvalue weighted by Crippen LogP contribution is 2.48. The van der Waals surface area contributed by atoms with Crippen molar-refractivity contribution in [1.29, 1.82) is 5.26 Å². The van der Waals surface area contributed by atoms with Gasteiger partial charge in [-0.2, -0.15) is 5.26 Å². The van der Waals surface area contributed by atoms with E-state index in [0.29, 0.717) is 44.9 Å². The number of nitriles is 1. The van der Waals surface area contributed by atoms with Crippen molar-refractivity contribution < 1.29 is 18.7 Å². The van der Waals surface area contributed by atoms with Crippen LogP contribution in [0, 0.1) is 17.1 Å². The van der Waals surface area contributed by atoms with Crippen LogP contribution in [0.1, 0.15) is 36.3 Å². The van der Waals surface area contributed by atoms with Crippen LogP contribution < -0.4 is 15.2 Å². The van der Waals surface area contributed by atoms with Crippen LogP contribution in [0.3, 0.4) is 0 Å². The average Bonchev–Trinajstić information content (AvgIpc) is 2.81. The zero-order valence-corrected chi connectivity index (χ0v) is 19.9. The molecule has 1 aliphatic heterocycles. The van der Waals surface area contributed by atoms with Gasteiger partial charge in [0.1, 0.15) is 18.2 Å². The van der Waals surface area contributed by atoms with Crippen molar-refractivity contribution in [2.24, 2.45) is 5.73 Å². The summed E-state index contributed by atoms with van der Waals surface area (Å²) in [6.45, 7) is 0.223. The van der Waals surface area contributed by atoms with Gasteiger partial charge in [-0.1, -0.05) is 28.1 Å². The van der Waals surface area contributed by atoms with Gasteiger partial charge in [0.05, 0.1) is 24.7 Å². The lowest BCUT2D eigenvalue weighted by molar-refractivity contribution is -0.116. The molecule has 2 aliphatic rings. The summed E-state index contributed by atoms with van der Waals surface area (Å²) in [4.78, 5) is 14.7. The lowest BCUT2D eigenvalue weighted by Crippen LogP contribution is -2.36. The Morgan fingerprint density at radius 1 is 1.24 bits per heavy atom. The van der Waals surface area contributed by atoms with Crippen molar-refractivity contribution in [2.45, 2.75) is 31.8 Å². The van der Waals surface area contributed by atoms with E-state index in [1.807, 2.05) is 0 Å². The monoisotopic (exact) mass is 511 g/mol. The zero-order chi connectivity index (χ0) is 23.7. The minimum Gasteiger partial charge on any atom is -0.493 e. The van der Waals surface area contributed by atoms with Gasteiger partial charge in [-0.15, -0.1) is 0 Å². The number of benzene rings is 2. The Morgan fingerprint density at radius 3 is 2.64 bits per heavy atom. The van der Waals surface area contributed by atoms with Gasteiger partial charge >= 0.3 is 0 Å². The van der Waals surface area contributed by atoms with Crippen LogP contribution in [0.5, 0.6) is 11.5 Å². The Morgan fingerprint density at radius 2 is 1.97 bits per heavy atom. The number of ketones is 1. The number of nitrogens with zero attached hydrogens (tertiary/aromatic N) is 2. The van der Waals surface area contributed by atoms with Crippen molar-refractivity contribution in [3.8, 4) is 17.6 Å². The molecule has 0 amide bonds. The molecule has 0 bridgehead atoms. The van der Waals surface area contributed by atoms with Crippen LogP contribution in [0.25, 0.3) is 0 Å². The normalized spacial score (nSPS) is 18.2. The first-order chi connectivity index (χ1) is 15.8. The van der Waals surface area contributed by atoms with E-state index >= 15 is 0 Å². The van der Waals surface area contributed by atoms with Crippen LogP contribution >= 0.6 is 15.9 Å². The highest BCUT2D eigenvalue weighted by atomic mass is 79.9. The van der Waals surface area contributed by atoms with Gasteiger partial charge in [-0.05, 0) is 48.2 Å². The Balaban J connectivity index is 1.76. The van der Waals surface area contributed by atoms with Gasteiger partial charge in [-0.3, -0.25) is 4.79 Å². The van der Waals surface area contributed by atoms with E-state index in [-0.39, 0.29) is 18.2 Å². The maximum Gasteiger partial charge on any atom is 0.162 e. The summed E-state index contributed by atoms with van der Waals surface area (Å²) in [5, 5.41) is 9.94. The van der Waals surface area contributed by atoms with Crippen LogP contribution in [-0.4, -0.2) is 24.8 Å². The van der Waals surface area contributed by atoms with E-state index in [0.717, 1.165) is 24.1 Å². The summed E-state index contributed by atoms with van der Waals surface area (Å²) in [7, 11) is 3.32. The number of halogens is 2. The van der Waals surface area contributed by atoms with Crippen molar-refractivity contribution in [1.82, 2.24) is 4.90 Å². The van der Waals surface area contributed by atoms with Gasteiger partial charge in [0.25, 0.3) is 0 Å². The SMILES string of the molecule is COc1cc([C@H]2C(C#N)=C(N)N(C)C3=C2C(=O)CCC3)c(Br)cc1OCc1ccc(F)cc1. The minimum absolute atomic E-state index is 0.0239. The first-order valence-corrected chi connectivity index (χ1v) is 11.3. The molecule has 8 heteroatoms. The summed E-state index contributed by atoms with van der Waals surface area (Å²) >= 11 is 3.60. The molecule has 0 fully saturated rings. The second-order valence-corrected chi connectivity index (χ2v) is 8.83. The molecule has 2 aromatic carbocycles. The number of methoxy groups -OCH3 is 1. The van der Waals surface area contributed by atoms with Crippen LogP contribution in [-0.2, 0) is 11.4 Å². The highest BCUT2D eigenvalue weighted by molar-refractivity contribution is 9.10. The fraction of sp³-hybridized carbons (Fsp3) is 0.280. The van der Waals surface area contributed by atoms with Crippen molar-refractivity contribution >= 4 is 21.7 Å². The number of allylic oxidation sites excluding steroid dienone is 3. The summed E-state index contributed by atoms with van der Waals surface area (Å²) < 4.78 is 25.3. The molecule has 0 aromatic heterocycles. The largest absolute Gasteiger partial charge is 0.493 e. The van der Waals surface area contributed by atoms with Crippen LogP contribution in [0.4, 0.5) is 4.39 Å². The quantitative estimate of drug-likeness (QED) is 0.613. The first kappa shape index (κ1) is 22.9. The van der Waals surface area contributed by atoms with E-state index in [1.165, 1.54) is 19.2 Å². The summed E-state index contributed by atoms with van der Waals surface area (Å²) in [5.74, 6) is 0.395. The topological polar surface area (TPSA) is 88.6 Å². The molecule has 1 heterocycles. The Labute approximate surface area is 200 Å². The molecule has 0 unspecified atom stereocenters. The smallest absolute Gasteiger partial charge is 0.162 e. The van der Waals surface area contributed by atoms with E-state index < -0.39 is 5.92 Å². The summed E-state index contributed by atoms with van der Waals surface area (Å²) in [5.41, 5.74) is 9.63. The second kappa shape index (κ2) is 9.28. The predicted molar refractivity (Wildman–Crippen MR) is 125 cm³/mol. The van der Waals surface area contributed by atoms with Gasteiger partial charge in [0.2, 0.25) is 0 Å². The van der Waals surface area contributed by atoms with Crippen molar-refractivity contribution in [2.75, 3.05) is 14.2 Å². The number of Topliss-reactive ketones (excluding diaryl/α,β-unsaturated/α-hetero) is 1. The minimum atomic E-state index is -0.594. The molecular weight excluding hydrogens is 489 g/mol. The molecule has 4 rings (SSSR count). The van der Waals surface area contributed by atoms with E-state index in [4.69, 9.17) is 15.2 Å². The fourth-order valence-electron chi connectivity index (χ4n) is 4.36. The van der Waals surface area contributed by atoms with Gasteiger partial charge < -0.3 is 20.1 Å². The number of rotatable bonds is 5. The summed E-state index contributed by atoms with van der Waals surface area (Å²) in [6.07, 6.45) is 1.92. The first-order valence-electron chi connectivity index (χ1n) is 10.5. The average molecular weight is 512 g/mol. The lowest BCUT2D eigenvalue weighted by atomic mass is 9.76. The fourth-order valence-corrected chi connectivity index (χ4v) is 4.91. The standard InChI is InChI=1S/C25H23BrFN3O3/c1-30-19-4-3-5-20(31)24(19)23(17(12-28)25(30)29)16-10-21(32-2)22(11-18(16)26)33-13-14-6-8-15(27)9-7-14/h6-11,23H,3-5,13,29H2,1-2H3/t23-/m0/s1. The number of hydrogen-bond donors (Lipinski definition) is 1. The molecule has 33 heavy (non-hydrogen) atoms. The highest BCUT2D eigenvalue weighted by Gasteiger charge is 2.39. The predicted octanol–water partition coefficient (Wildman–Crippen LogP) is 4.91. The molecule has 170 valence electrons. The third-order valence-corrected chi connectivity index (χ3v) is 6.76. The van der Waals surface area contributed by atoms with Gasteiger partial charge in [0, 0.05) is 29.2 Å². The molecule has 2 N–H and O–H groups in total. The van der Waals surface area contributed by atoms with Gasteiger partial charge in [-0.25, -0.2) is 4.39 Å². The van der Waals surface area contributed by atoms with E-state index in [9.17, 15) is 14.4 Å². The third kappa shape index (κ3) is 4.21. The molecule has 1 atom stereocenters. The van der Waals surface area contributed by atoms with Crippen molar-refractivity contribution in [3.05, 3.63) is 80.5 Å². The second-order valence-electron chi connectivity index (χ2n) is 7.98. The van der Waals surface area contributed by atoms with Gasteiger partial charge in [0.15, 0.2) is 17.3 Å². The molecule has 2 aromatic rings. The van der Waals surface area contributed by atoms with E-state index in [2.05, 4.69) is 22.0 Å². The number of carbonyl (C=O) groups excluding carboxylic acids is 1. The third-order valence-electron chi connectivity index (χ3n) is 6.07. The maximum absolute atomic E-state index is 13.2. The number of carbonyl (C=O) groups is 1. The summed E-state index contributed by atoms with van der Waals surface area (Å²) in [6, 6.07) is 11.8. The maximum atomic E-state index is 13.2. The molecule has 0 saturated carbocycles.